The highest BCUT2D eigenvalue weighted by Gasteiger charge is 2.18. The second-order valence-electron chi connectivity index (χ2n) is 4.22. The van der Waals surface area contributed by atoms with Crippen molar-refractivity contribution in [3.05, 3.63) is 16.4 Å². The minimum absolute atomic E-state index is 0.364. The summed E-state index contributed by atoms with van der Waals surface area (Å²) >= 11 is 11.8. The molecule has 1 fully saturated rings. The summed E-state index contributed by atoms with van der Waals surface area (Å²) in [5.41, 5.74) is 0.779. The van der Waals surface area contributed by atoms with Crippen LogP contribution in [0.1, 0.15) is 19.8 Å². The number of anilines is 1. The molecule has 17 heavy (non-hydrogen) atoms. The van der Waals surface area contributed by atoms with Crippen LogP contribution >= 0.6 is 23.2 Å². The van der Waals surface area contributed by atoms with Gasteiger partial charge in [0.05, 0.1) is 5.69 Å². The molecule has 0 atom stereocenters. The van der Waals surface area contributed by atoms with Crippen LogP contribution in [0.25, 0.3) is 0 Å². The average molecular weight is 275 g/mol. The summed E-state index contributed by atoms with van der Waals surface area (Å²) in [6, 6.07) is 2.17. The van der Waals surface area contributed by atoms with E-state index in [2.05, 4.69) is 27.3 Å². The summed E-state index contributed by atoms with van der Waals surface area (Å²) < 4.78 is 0. The minimum atomic E-state index is 0.364. The number of hydrogen-bond acceptors (Lipinski definition) is 4. The standard InChI is InChI=1S/C11H16Cl2N4/c1-2-17-5-3-8(4-6-17)14-9-7-10(12)15-16-11(9)13/h7-8H,2-6H2,1H3,(H,14,15). The fourth-order valence-corrected chi connectivity index (χ4v) is 2.36. The van der Waals surface area contributed by atoms with Crippen molar-refractivity contribution in [1.82, 2.24) is 15.1 Å². The quantitative estimate of drug-likeness (QED) is 0.920. The minimum Gasteiger partial charge on any atom is -0.380 e. The van der Waals surface area contributed by atoms with Gasteiger partial charge in [-0.1, -0.05) is 30.1 Å². The molecule has 0 aliphatic carbocycles. The van der Waals surface area contributed by atoms with Crippen molar-refractivity contribution in [2.45, 2.75) is 25.8 Å². The van der Waals surface area contributed by atoms with Crippen molar-refractivity contribution < 1.29 is 0 Å². The summed E-state index contributed by atoms with van der Waals surface area (Å²) in [7, 11) is 0. The maximum atomic E-state index is 5.97. The molecule has 1 aromatic rings. The molecule has 1 aliphatic rings. The van der Waals surface area contributed by atoms with Crippen molar-refractivity contribution >= 4 is 28.9 Å². The van der Waals surface area contributed by atoms with Crippen LogP contribution in [0.5, 0.6) is 0 Å². The highest BCUT2D eigenvalue weighted by molar-refractivity contribution is 6.33. The molecule has 0 spiro atoms. The third-order valence-electron chi connectivity index (χ3n) is 3.11. The van der Waals surface area contributed by atoms with Crippen LogP contribution in [0.2, 0.25) is 10.3 Å². The molecule has 0 aromatic carbocycles. The number of nitrogens with one attached hydrogen (secondary N) is 1. The Labute approximate surface area is 111 Å². The Hall–Kier alpha value is -0.580. The molecule has 0 radical (unpaired) electrons. The van der Waals surface area contributed by atoms with Gasteiger partial charge in [0.2, 0.25) is 0 Å². The van der Waals surface area contributed by atoms with Crippen molar-refractivity contribution in [2.75, 3.05) is 25.0 Å². The van der Waals surface area contributed by atoms with E-state index in [1.807, 2.05) is 0 Å². The van der Waals surface area contributed by atoms with Crippen molar-refractivity contribution in [1.29, 1.82) is 0 Å². The molecule has 0 bridgehead atoms. The van der Waals surface area contributed by atoms with E-state index < -0.39 is 0 Å². The zero-order chi connectivity index (χ0) is 12.3. The lowest BCUT2D eigenvalue weighted by molar-refractivity contribution is 0.229. The van der Waals surface area contributed by atoms with Gasteiger partial charge in [0.15, 0.2) is 10.3 Å². The van der Waals surface area contributed by atoms with E-state index >= 15 is 0 Å². The topological polar surface area (TPSA) is 41.0 Å². The molecule has 1 saturated heterocycles. The van der Waals surface area contributed by atoms with Gasteiger partial charge in [-0.2, -0.15) is 0 Å². The fraction of sp³-hybridized carbons (Fsp3) is 0.636. The number of likely N-dealkylation sites (tertiary alicyclic amines) is 1. The monoisotopic (exact) mass is 274 g/mol. The average Bonchev–Trinajstić information content (AvgIpc) is 2.35. The van der Waals surface area contributed by atoms with Crippen LogP contribution in [0, 0.1) is 0 Å². The third-order valence-corrected chi connectivity index (χ3v) is 3.58. The highest BCUT2D eigenvalue weighted by atomic mass is 35.5. The van der Waals surface area contributed by atoms with Crippen LogP contribution in [-0.4, -0.2) is 40.8 Å². The molecule has 0 unspecified atom stereocenters. The molecule has 1 N–H and O–H groups in total. The van der Waals surface area contributed by atoms with Gasteiger partial charge in [-0.3, -0.25) is 0 Å². The Bertz CT molecular complexity index is 378. The van der Waals surface area contributed by atoms with Crippen LogP contribution in [-0.2, 0) is 0 Å². The summed E-state index contributed by atoms with van der Waals surface area (Å²) in [6.45, 7) is 5.56. The van der Waals surface area contributed by atoms with Crippen LogP contribution in [0.3, 0.4) is 0 Å². The molecular weight excluding hydrogens is 259 g/mol. The second kappa shape index (κ2) is 5.85. The number of hydrogen-bond donors (Lipinski definition) is 1. The summed E-state index contributed by atoms with van der Waals surface area (Å²) in [6.07, 6.45) is 2.23. The number of aromatic nitrogens is 2. The molecule has 0 amide bonds. The van der Waals surface area contributed by atoms with Crippen LogP contribution in [0.15, 0.2) is 6.07 Å². The molecule has 2 rings (SSSR count). The van der Waals surface area contributed by atoms with E-state index in [0.717, 1.165) is 38.2 Å². The first-order valence-electron chi connectivity index (χ1n) is 5.86. The number of rotatable bonds is 3. The number of nitrogens with zero attached hydrogens (tertiary/aromatic N) is 3. The first-order chi connectivity index (χ1) is 8.19. The van der Waals surface area contributed by atoms with Crippen molar-refractivity contribution in [2.24, 2.45) is 0 Å². The maximum absolute atomic E-state index is 5.97. The van der Waals surface area contributed by atoms with Crippen LogP contribution in [0.4, 0.5) is 5.69 Å². The van der Waals surface area contributed by atoms with E-state index in [-0.39, 0.29) is 0 Å². The van der Waals surface area contributed by atoms with E-state index in [4.69, 9.17) is 23.2 Å². The zero-order valence-electron chi connectivity index (χ0n) is 9.79. The Balaban J connectivity index is 1.95. The molecule has 4 nitrogen and oxygen atoms in total. The first-order valence-corrected chi connectivity index (χ1v) is 6.62. The van der Waals surface area contributed by atoms with Gasteiger partial charge in [0, 0.05) is 25.2 Å². The molecule has 94 valence electrons. The smallest absolute Gasteiger partial charge is 0.174 e. The third kappa shape index (κ3) is 3.44. The largest absolute Gasteiger partial charge is 0.380 e. The molecule has 0 saturated carbocycles. The van der Waals surface area contributed by atoms with Gasteiger partial charge in [0.25, 0.3) is 0 Å². The van der Waals surface area contributed by atoms with E-state index in [0.29, 0.717) is 16.3 Å². The van der Waals surface area contributed by atoms with Gasteiger partial charge in [-0.05, 0) is 19.4 Å². The Morgan fingerprint density at radius 1 is 1.35 bits per heavy atom. The predicted molar refractivity (Wildman–Crippen MR) is 70.8 cm³/mol. The Kier molecular flexibility index (Phi) is 4.42. The first kappa shape index (κ1) is 12.9. The lowest BCUT2D eigenvalue weighted by Crippen LogP contribution is -2.38. The van der Waals surface area contributed by atoms with Gasteiger partial charge >= 0.3 is 0 Å². The predicted octanol–water partition coefficient (Wildman–Crippen LogP) is 2.68. The lowest BCUT2D eigenvalue weighted by Gasteiger charge is -2.32. The molecule has 6 heteroatoms. The van der Waals surface area contributed by atoms with Crippen LogP contribution < -0.4 is 5.32 Å². The van der Waals surface area contributed by atoms with Crippen molar-refractivity contribution in [3.63, 3.8) is 0 Å². The van der Waals surface area contributed by atoms with Gasteiger partial charge in [0.1, 0.15) is 0 Å². The van der Waals surface area contributed by atoms with Gasteiger partial charge < -0.3 is 10.2 Å². The number of halogens is 2. The second-order valence-corrected chi connectivity index (χ2v) is 4.97. The normalized spacial score (nSPS) is 18.3. The van der Waals surface area contributed by atoms with E-state index in [1.165, 1.54) is 0 Å². The summed E-state index contributed by atoms with van der Waals surface area (Å²) in [4.78, 5) is 2.44. The number of piperidine rings is 1. The van der Waals surface area contributed by atoms with E-state index in [1.54, 1.807) is 6.07 Å². The maximum Gasteiger partial charge on any atom is 0.174 e. The lowest BCUT2D eigenvalue weighted by atomic mass is 10.1. The highest BCUT2D eigenvalue weighted by Crippen LogP contribution is 2.24. The fourth-order valence-electron chi connectivity index (χ4n) is 2.07. The van der Waals surface area contributed by atoms with E-state index in [9.17, 15) is 0 Å². The van der Waals surface area contributed by atoms with Crippen molar-refractivity contribution in [3.8, 4) is 0 Å². The SMILES string of the molecule is CCN1CCC(Nc2cc(Cl)nnc2Cl)CC1. The Morgan fingerprint density at radius 2 is 2.06 bits per heavy atom. The molecule has 1 aliphatic heterocycles. The molecule has 1 aromatic heterocycles. The summed E-state index contributed by atoms with van der Waals surface area (Å²) in [5.74, 6) is 0. The van der Waals surface area contributed by atoms with Gasteiger partial charge in [-0.25, -0.2) is 0 Å². The summed E-state index contributed by atoms with van der Waals surface area (Å²) in [5, 5.41) is 11.6. The zero-order valence-corrected chi connectivity index (χ0v) is 11.3. The molecular formula is C11H16Cl2N4. The molecule has 2 heterocycles. The Morgan fingerprint density at radius 3 is 2.71 bits per heavy atom. The van der Waals surface area contributed by atoms with Gasteiger partial charge in [-0.15, -0.1) is 10.2 Å².